The zero-order chi connectivity index (χ0) is 18.6. The van der Waals surface area contributed by atoms with Gasteiger partial charge in [0, 0.05) is 44.1 Å². The summed E-state index contributed by atoms with van der Waals surface area (Å²) in [6.07, 6.45) is 7.03. The molecular weight excluding hydrogens is 344 g/mol. The maximum atomic E-state index is 12.8. The first-order valence-corrected chi connectivity index (χ1v) is 10.3. The van der Waals surface area contributed by atoms with Crippen LogP contribution in [0.25, 0.3) is 0 Å². The maximum Gasteiger partial charge on any atom is 0.272 e. The molecule has 7 nitrogen and oxygen atoms in total. The molecule has 144 valence electrons. The van der Waals surface area contributed by atoms with Crippen molar-refractivity contribution < 1.29 is 9.59 Å². The van der Waals surface area contributed by atoms with E-state index in [2.05, 4.69) is 9.97 Å². The quantitative estimate of drug-likeness (QED) is 0.874. The fourth-order valence-electron chi connectivity index (χ4n) is 4.86. The number of likely N-dealkylation sites (tertiary alicyclic amines) is 2. The summed E-state index contributed by atoms with van der Waals surface area (Å²) in [6.45, 7) is 3.12. The number of nitrogens with zero attached hydrogens (tertiary/aromatic N) is 3. The molecule has 2 saturated carbocycles. The molecule has 4 fully saturated rings. The van der Waals surface area contributed by atoms with Crippen molar-refractivity contribution in [1.82, 2.24) is 19.8 Å². The zero-order valence-corrected chi connectivity index (χ0v) is 15.6. The molecule has 1 aromatic rings. The van der Waals surface area contributed by atoms with Crippen LogP contribution in [0.2, 0.25) is 0 Å². The molecule has 2 amide bonds. The van der Waals surface area contributed by atoms with Crippen molar-refractivity contribution in [2.75, 3.05) is 26.2 Å². The first-order chi connectivity index (χ1) is 13.1. The van der Waals surface area contributed by atoms with Gasteiger partial charge in [-0.1, -0.05) is 0 Å². The Labute approximate surface area is 158 Å². The lowest BCUT2D eigenvalue weighted by Gasteiger charge is -2.33. The van der Waals surface area contributed by atoms with Crippen LogP contribution in [0.4, 0.5) is 0 Å². The molecule has 1 unspecified atom stereocenters. The molecule has 1 N–H and O–H groups in total. The molecule has 1 atom stereocenters. The van der Waals surface area contributed by atoms with E-state index in [0.29, 0.717) is 30.7 Å². The number of carbonyl (C=O) groups is 2. The Kier molecular flexibility index (Phi) is 3.88. The van der Waals surface area contributed by atoms with E-state index in [9.17, 15) is 14.4 Å². The normalized spacial score (nSPS) is 26.4. The molecule has 1 aromatic heterocycles. The summed E-state index contributed by atoms with van der Waals surface area (Å²) >= 11 is 0. The Morgan fingerprint density at radius 1 is 1.07 bits per heavy atom. The lowest BCUT2D eigenvalue weighted by Crippen LogP contribution is -2.41. The summed E-state index contributed by atoms with van der Waals surface area (Å²) in [5, 5.41) is 0. The highest BCUT2D eigenvalue weighted by molar-refractivity contribution is 5.92. The smallest absolute Gasteiger partial charge is 0.272 e. The second-order valence-corrected chi connectivity index (χ2v) is 8.73. The average Bonchev–Trinajstić information content (AvgIpc) is 3.58. The Morgan fingerprint density at radius 2 is 1.78 bits per heavy atom. The largest absolute Gasteiger partial charge is 0.342 e. The molecule has 0 radical (unpaired) electrons. The number of hydrogen-bond acceptors (Lipinski definition) is 4. The van der Waals surface area contributed by atoms with Gasteiger partial charge in [-0.05, 0) is 50.4 Å². The number of H-pyrrole nitrogens is 1. The number of amides is 2. The van der Waals surface area contributed by atoms with Gasteiger partial charge in [-0.2, -0.15) is 0 Å². The molecule has 4 aliphatic rings. The van der Waals surface area contributed by atoms with Crippen molar-refractivity contribution in [1.29, 1.82) is 0 Å². The van der Waals surface area contributed by atoms with Gasteiger partial charge in [0.15, 0.2) is 0 Å². The van der Waals surface area contributed by atoms with Crippen molar-refractivity contribution in [3.05, 3.63) is 27.9 Å². The van der Waals surface area contributed by atoms with Gasteiger partial charge < -0.3 is 14.8 Å². The van der Waals surface area contributed by atoms with Gasteiger partial charge in [-0.25, -0.2) is 4.98 Å². The van der Waals surface area contributed by atoms with Crippen molar-refractivity contribution in [2.24, 2.45) is 11.3 Å². The van der Waals surface area contributed by atoms with Gasteiger partial charge in [-0.3, -0.25) is 14.4 Å². The highest BCUT2D eigenvalue weighted by Gasteiger charge is 2.59. The van der Waals surface area contributed by atoms with Crippen molar-refractivity contribution >= 4 is 11.8 Å². The highest BCUT2D eigenvalue weighted by Crippen LogP contribution is 2.60. The summed E-state index contributed by atoms with van der Waals surface area (Å²) in [7, 11) is 0. The molecule has 0 bridgehead atoms. The monoisotopic (exact) mass is 370 g/mol. The Bertz CT molecular complexity index is 830. The van der Waals surface area contributed by atoms with E-state index in [-0.39, 0.29) is 28.5 Å². The highest BCUT2D eigenvalue weighted by atomic mass is 16.2. The summed E-state index contributed by atoms with van der Waals surface area (Å²) in [4.78, 5) is 48.4. The Balaban J connectivity index is 1.23. The molecular formula is C20H26N4O3. The lowest BCUT2D eigenvalue weighted by atomic mass is 9.90. The van der Waals surface area contributed by atoms with Crippen LogP contribution >= 0.6 is 0 Å². The third-order valence-corrected chi connectivity index (χ3v) is 6.90. The van der Waals surface area contributed by atoms with Crippen LogP contribution in [0.15, 0.2) is 10.9 Å². The predicted octanol–water partition coefficient (Wildman–Crippen LogP) is 1.51. The van der Waals surface area contributed by atoms with Gasteiger partial charge in [0.25, 0.3) is 11.5 Å². The van der Waals surface area contributed by atoms with Crippen molar-refractivity contribution in [3.8, 4) is 0 Å². The van der Waals surface area contributed by atoms with Crippen molar-refractivity contribution in [2.45, 2.75) is 50.9 Å². The number of carbonyl (C=O) groups excluding carboxylic acids is 2. The van der Waals surface area contributed by atoms with Crippen LogP contribution < -0.4 is 5.56 Å². The minimum absolute atomic E-state index is 0.108. The summed E-state index contributed by atoms with van der Waals surface area (Å²) in [5.41, 5.74) is 0.122. The first-order valence-electron chi connectivity index (χ1n) is 10.3. The fraction of sp³-hybridized carbons (Fsp3) is 0.700. The minimum atomic E-state index is -0.248. The van der Waals surface area contributed by atoms with Gasteiger partial charge in [0.05, 0.1) is 0 Å². The number of aromatic nitrogens is 2. The fourth-order valence-corrected chi connectivity index (χ4v) is 4.86. The predicted molar refractivity (Wildman–Crippen MR) is 98.3 cm³/mol. The van der Waals surface area contributed by atoms with Gasteiger partial charge in [0.2, 0.25) is 5.91 Å². The SMILES string of the molecule is O=C(c1cc(=O)[nH]c(C2CC2)n1)N1CCC2(CC1)CC2C(=O)N1CCCC1. The molecule has 0 aromatic carbocycles. The van der Waals surface area contributed by atoms with Crippen molar-refractivity contribution in [3.63, 3.8) is 0 Å². The average molecular weight is 370 g/mol. The maximum absolute atomic E-state index is 12.8. The standard InChI is InChI=1S/C20H26N4O3/c25-16-11-15(21-17(22-16)13-3-4-13)19(27)24-9-5-20(6-10-24)12-14(20)18(26)23-7-1-2-8-23/h11,13-14H,1-10,12H2,(H,21,22,25). The van der Waals surface area contributed by atoms with E-state index >= 15 is 0 Å². The number of nitrogens with one attached hydrogen (secondary N) is 1. The molecule has 2 saturated heterocycles. The summed E-state index contributed by atoms with van der Waals surface area (Å²) in [6, 6.07) is 1.31. The topological polar surface area (TPSA) is 86.4 Å². The second-order valence-electron chi connectivity index (χ2n) is 8.73. The van der Waals surface area contributed by atoms with E-state index in [1.54, 1.807) is 4.90 Å². The van der Waals surface area contributed by atoms with Crippen LogP contribution in [0.3, 0.4) is 0 Å². The Hall–Kier alpha value is -2.18. The molecule has 7 heteroatoms. The van der Waals surface area contributed by atoms with Gasteiger partial charge in [-0.15, -0.1) is 0 Å². The molecule has 3 heterocycles. The van der Waals surface area contributed by atoms with E-state index in [1.165, 1.54) is 6.07 Å². The number of hydrogen-bond donors (Lipinski definition) is 1. The summed E-state index contributed by atoms with van der Waals surface area (Å²) in [5.74, 6) is 1.29. The van der Waals surface area contributed by atoms with Crippen LogP contribution in [0.1, 0.15) is 67.2 Å². The third-order valence-electron chi connectivity index (χ3n) is 6.90. The van der Waals surface area contributed by atoms with E-state index in [1.807, 2.05) is 4.90 Å². The van der Waals surface area contributed by atoms with Gasteiger partial charge >= 0.3 is 0 Å². The number of aromatic amines is 1. The second kappa shape index (κ2) is 6.17. The zero-order valence-electron chi connectivity index (χ0n) is 15.6. The van der Waals surface area contributed by atoms with Gasteiger partial charge in [0.1, 0.15) is 11.5 Å². The molecule has 1 spiro atoms. The van der Waals surface area contributed by atoms with Crippen LogP contribution in [0, 0.1) is 11.3 Å². The number of piperidine rings is 1. The van der Waals surface area contributed by atoms with Crippen LogP contribution in [-0.4, -0.2) is 57.8 Å². The third kappa shape index (κ3) is 3.07. The lowest BCUT2D eigenvalue weighted by molar-refractivity contribution is -0.132. The van der Waals surface area contributed by atoms with E-state index in [4.69, 9.17) is 0 Å². The Morgan fingerprint density at radius 3 is 2.44 bits per heavy atom. The molecule has 2 aliphatic heterocycles. The minimum Gasteiger partial charge on any atom is -0.342 e. The molecule has 5 rings (SSSR count). The summed E-state index contributed by atoms with van der Waals surface area (Å²) < 4.78 is 0. The van der Waals surface area contributed by atoms with E-state index < -0.39 is 0 Å². The van der Waals surface area contributed by atoms with E-state index in [0.717, 1.165) is 58.0 Å². The first kappa shape index (κ1) is 17.0. The van der Waals surface area contributed by atoms with Crippen LogP contribution in [0.5, 0.6) is 0 Å². The molecule has 2 aliphatic carbocycles. The number of rotatable bonds is 3. The molecule has 27 heavy (non-hydrogen) atoms. The van der Waals surface area contributed by atoms with Crippen LogP contribution in [-0.2, 0) is 4.79 Å².